The van der Waals surface area contributed by atoms with Gasteiger partial charge in [-0.25, -0.2) is 0 Å². The molecule has 0 heterocycles. The Hall–Kier alpha value is -3.90. The summed E-state index contributed by atoms with van der Waals surface area (Å²) in [7, 11) is 9.03. The maximum absolute atomic E-state index is 11.7. The van der Waals surface area contributed by atoms with Gasteiger partial charge in [-0.1, -0.05) is 0 Å². The van der Waals surface area contributed by atoms with E-state index in [0.717, 1.165) is 11.1 Å². The molecule has 12 nitrogen and oxygen atoms in total. The van der Waals surface area contributed by atoms with Crippen molar-refractivity contribution >= 4 is 11.9 Å². The summed E-state index contributed by atoms with van der Waals surface area (Å²) in [5.74, 6) is 0.636. The van der Waals surface area contributed by atoms with Gasteiger partial charge in [0.1, 0.15) is 0 Å². The van der Waals surface area contributed by atoms with Gasteiger partial charge in [-0.15, -0.1) is 0 Å². The number of methoxy groups -OCH3 is 6. The topological polar surface area (TPSA) is 136 Å². The zero-order valence-electron chi connectivity index (χ0n) is 23.5. The van der Waals surface area contributed by atoms with Crippen molar-refractivity contribution in [2.45, 2.75) is 26.1 Å². The van der Waals surface area contributed by atoms with Crippen LogP contribution in [-0.2, 0) is 22.7 Å². The van der Waals surface area contributed by atoms with Gasteiger partial charge in [0.05, 0.1) is 55.7 Å². The summed E-state index contributed by atoms with van der Waals surface area (Å²) in [4.78, 5) is 26.9. The Morgan fingerprint density at radius 2 is 1.05 bits per heavy atom. The third-order valence-corrected chi connectivity index (χ3v) is 6.08. The molecule has 0 aliphatic rings. The van der Waals surface area contributed by atoms with Crippen LogP contribution < -0.4 is 28.4 Å². The van der Waals surface area contributed by atoms with Gasteiger partial charge in [0.15, 0.2) is 23.0 Å². The van der Waals surface area contributed by atoms with E-state index in [1.165, 1.54) is 42.7 Å². The number of carboxylic acid groups (broad SMARTS) is 2. The number of hydrogen-bond donors (Lipinski definition) is 2. The van der Waals surface area contributed by atoms with Crippen molar-refractivity contribution in [3.8, 4) is 34.5 Å². The third kappa shape index (κ3) is 8.55. The molecule has 0 saturated heterocycles. The molecule has 1 atom stereocenters. The van der Waals surface area contributed by atoms with Crippen molar-refractivity contribution in [3.05, 3.63) is 35.4 Å². The summed E-state index contributed by atoms with van der Waals surface area (Å²) >= 11 is 0. The molecule has 0 aromatic heterocycles. The quantitative estimate of drug-likeness (QED) is 0.300. The first-order chi connectivity index (χ1) is 18.6. The molecule has 1 unspecified atom stereocenters. The Morgan fingerprint density at radius 3 is 1.38 bits per heavy atom. The normalized spacial score (nSPS) is 11.7. The number of carboxylic acids is 2. The largest absolute Gasteiger partial charge is 0.493 e. The highest BCUT2D eigenvalue weighted by atomic mass is 16.5. The second kappa shape index (κ2) is 14.9. The molecule has 2 aromatic rings. The van der Waals surface area contributed by atoms with Crippen LogP contribution in [0.2, 0.25) is 0 Å². The maximum Gasteiger partial charge on any atom is 0.317 e. The molecule has 0 fully saturated rings. The van der Waals surface area contributed by atoms with Gasteiger partial charge in [-0.3, -0.25) is 19.4 Å². The van der Waals surface area contributed by atoms with E-state index in [9.17, 15) is 19.8 Å². The van der Waals surface area contributed by atoms with Crippen LogP contribution in [0.15, 0.2) is 24.3 Å². The van der Waals surface area contributed by atoms with E-state index in [2.05, 4.69) is 0 Å². The summed E-state index contributed by atoms with van der Waals surface area (Å²) in [6.45, 7) is 2.09. The lowest BCUT2D eigenvalue weighted by molar-refractivity contribution is -0.141. The summed E-state index contributed by atoms with van der Waals surface area (Å²) in [6.07, 6.45) is 0. The molecular weight excluding hydrogens is 512 g/mol. The first-order valence-corrected chi connectivity index (χ1v) is 12.1. The van der Waals surface area contributed by atoms with Gasteiger partial charge in [0.2, 0.25) is 11.5 Å². The highest BCUT2D eigenvalue weighted by Gasteiger charge is 2.24. The molecule has 216 valence electrons. The maximum atomic E-state index is 11.7. The molecule has 12 heteroatoms. The van der Waals surface area contributed by atoms with Crippen LogP contribution in [0.1, 0.15) is 18.1 Å². The summed E-state index contributed by atoms with van der Waals surface area (Å²) in [5.41, 5.74) is 1.49. The molecule has 2 N–H and O–H groups in total. The minimum Gasteiger partial charge on any atom is -0.493 e. The molecule has 0 aliphatic heterocycles. The van der Waals surface area contributed by atoms with Crippen LogP contribution in [0.3, 0.4) is 0 Å². The van der Waals surface area contributed by atoms with Crippen LogP contribution in [0.25, 0.3) is 0 Å². The third-order valence-electron chi connectivity index (χ3n) is 6.08. The molecular formula is C27H38N2O10. The first kappa shape index (κ1) is 31.3. The molecule has 0 bridgehead atoms. The average Bonchev–Trinajstić information content (AvgIpc) is 2.90. The van der Waals surface area contributed by atoms with Crippen LogP contribution in [-0.4, -0.2) is 100 Å². The zero-order valence-corrected chi connectivity index (χ0v) is 23.5. The van der Waals surface area contributed by atoms with Crippen molar-refractivity contribution in [1.29, 1.82) is 0 Å². The Kier molecular flexibility index (Phi) is 12.0. The Morgan fingerprint density at radius 1 is 0.667 bits per heavy atom. The van der Waals surface area contributed by atoms with Crippen molar-refractivity contribution in [3.63, 3.8) is 0 Å². The van der Waals surface area contributed by atoms with Crippen LogP contribution in [0.4, 0.5) is 0 Å². The lowest BCUT2D eigenvalue weighted by atomic mass is 10.1. The first-order valence-electron chi connectivity index (χ1n) is 12.1. The highest BCUT2D eigenvalue weighted by molar-refractivity contribution is 5.69. The van der Waals surface area contributed by atoms with Crippen molar-refractivity contribution < 1.29 is 48.2 Å². The smallest absolute Gasteiger partial charge is 0.317 e. The van der Waals surface area contributed by atoms with E-state index in [1.54, 1.807) is 34.1 Å². The molecule has 0 radical (unpaired) electrons. The fourth-order valence-electron chi connectivity index (χ4n) is 4.35. The van der Waals surface area contributed by atoms with Crippen LogP contribution in [0.5, 0.6) is 34.5 Å². The monoisotopic (exact) mass is 550 g/mol. The lowest BCUT2D eigenvalue weighted by Crippen LogP contribution is -2.45. The number of aliphatic carboxylic acids is 2. The average molecular weight is 551 g/mol. The van der Waals surface area contributed by atoms with Gasteiger partial charge in [0.25, 0.3) is 0 Å². The minimum atomic E-state index is -1.01. The van der Waals surface area contributed by atoms with Gasteiger partial charge in [0, 0.05) is 25.7 Å². The Balaban J connectivity index is 2.35. The van der Waals surface area contributed by atoms with Gasteiger partial charge >= 0.3 is 11.9 Å². The summed E-state index contributed by atoms with van der Waals surface area (Å²) in [6, 6.07) is 6.68. The predicted octanol–water partition coefficient (Wildman–Crippen LogP) is 2.60. The SMILES string of the molecule is COc1cc(CN(CC(=O)O)CC(C)N(CC(=O)O)Cc2cc(OC)c(OC)c(OC)c2)cc(OC)c1OC. The van der Waals surface area contributed by atoms with E-state index < -0.39 is 11.9 Å². The van der Waals surface area contributed by atoms with Crippen molar-refractivity contribution in [1.82, 2.24) is 9.80 Å². The van der Waals surface area contributed by atoms with E-state index in [4.69, 9.17) is 28.4 Å². The molecule has 2 aromatic carbocycles. The second-order valence-corrected chi connectivity index (χ2v) is 8.78. The van der Waals surface area contributed by atoms with Crippen LogP contribution >= 0.6 is 0 Å². The fourth-order valence-corrected chi connectivity index (χ4v) is 4.35. The highest BCUT2D eigenvalue weighted by Crippen LogP contribution is 2.39. The van der Waals surface area contributed by atoms with Crippen LogP contribution in [0, 0.1) is 0 Å². The van der Waals surface area contributed by atoms with E-state index in [-0.39, 0.29) is 38.8 Å². The fraction of sp³-hybridized carbons (Fsp3) is 0.481. The molecule has 0 spiro atoms. The lowest BCUT2D eigenvalue weighted by Gasteiger charge is -2.32. The summed E-state index contributed by atoms with van der Waals surface area (Å²) < 4.78 is 32.5. The molecule has 0 aliphatic carbocycles. The number of benzene rings is 2. The molecule has 0 saturated carbocycles. The van der Waals surface area contributed by atoms with E-state index in [1.807, 2.05) is 6.92 Å². The Bertz CT molecular complexity index is 1070. The van der Waals surface area contributed by atoms with Gasteiger partial charge in [-0.2, -0.15) is 0 Å². The Labute approximate surface area is 228 Å². The number of hydrogen-bond acceptors (Lipinski definition) is 10. The van der Waals surface area contributed by atoms with E-state index in [0.29, 0.717) is 34.5 Å². The zero-order chi connectivity index (χ0) is 29.1. The standard InChI is InChI=1S/C27H38N2O10/c1-17(29(16-25(32)33)14-19-10-22(36-4)27(39-7)23(11-19)37-5)12-28(15-24(30)31)13-18-8-20(34-2)26(38-6)21(9-18)35-3/h8-11,17H,12-16H2,1-7H3,(H,30,31)(H,32,33). The molecule has 0 amide bonds. The van der Waals surface area contributed by atoms with Gasteiger partial charge < -0.3 is 38.6 Å². The van der Waals surface area contributed by atoms with Gasteiger partial charge in [-0.05, 0) is 42.3 Å². The van der Waals surface area contributed by atoms with Crippen molar-refractivity contribution in [2.24, 2.45) is 0 Å². The molecule has 2 rings (SSSR count). The molecule has 39 heavy (non-hydrogen) atoms. The predicted molar refractivity (Wildman–Crippen MR) is 143 cm³/mol. The number of carbonyl (C=O) groups is 2. The number of nitrogens with zero attached hydrogens (tertiary/aromatic N) is 2. The number of ether oxygens (including phenoxy) is 6. The minimum absolute atomic E-state index is 0.245. The van der Waals surface area contributed by atoms with E-state index >= 15 is 0 Å². The van der Waals surface area contributed by atoms with Crippen molar-refractivity contribution in [2.75, 3.05) is 62.3 Å². The summed E-state index contributed by atoms with van der Waals surface area (Å²) in [5, 5.41) is 19.2. The second-order valence-electron chi connectivity index (χ2n) is 8.78. The number of rotatable bonds is 17.